The number of nitrogens with one attached hydrogen (secondary N) is 1. The Hall–Kier alpha value is -0.210. The zero-order valence-electron chi connectivity index (χ0n) is 6.19. The molecule has 0 atom stereocenters. The van der Waals surface area contributed by atoms with Gasteiger partial charge in [0.15, 0.2) is 0 Å². The summed E-state index contributed by atoms with van der Waals surface area (Å²) < 4.78 is 31.6. The van der Waals surface area contributed by atoms with Gasteiger partial charge >= 0.3 is 10.4 Å². The molecule has 11 heavy (non-hydrogen) atoms. The molecule has 4 N–H and O–H groups in total. The van der Waals surface area contributed by atoms with Crippen molar-refractivity contribution in [2.24, 2.45) is 0 Å². The Morgan fingerprint density at radius 2 is 1.73 bits per heavy atom. The molecule has 0 aromatic rings. The normalized spacial score (nSPS) is 10.2. The summed E-state index contributed by atoms with van der Waals surface area (Å²) in [4.78, 5) is 0. The zero-order chi connectivity index (χ0) is 9.33. The molecule has 0 aromatic heterocycles. The summed E-state index contributed by atoms with van der Waals surface area (Å²) in [6, 6.07) is 0. The van der Waals surface area contributed by atoms with Crippen LogP contribution in [0, 0.1) is 0 Å². The van der Waals surface area contributed by atoms with Crippen molar-refractivity contribution in [1.29, 1.82) is 0 Å². The number of hydrogen-bond donors (Lipinski definition) is 4. The van der Waals surface area contributed by atoms with Gasteiger partial charge in [-0.2, -0.15) is 8.42 Å². The van der Waals surface area contributed by atoms with E-state index >= 15 is 0 Å². The lowest BCUT2D eigenvalue weighted by molar-refractivity contribution is 0.293. The maximum Gasteiger partial charge on any atom is 0.394 e. The van der Waals surface area contributed by atoms with Gasteiger partial charge in [-0.05, 0) is 6.54 Å². The number of aliphatic hydroxyl groups is 1. The van der Waals surface area contributed by atoms with Gasteiger partial charge in [0.25, 0.3) is 0 Å². The van der Waals surface area contributed by atoms with Crippen molar-refractivity contribution in [2.45, 2.75) is 6.92 Å². The van der Waals surface area contributed by atoms with Crippen LogP contribution in [0.3, 0.4) is 0 Å². The van der Waals surface area contributed by atoms with Gasteiger partial charge in [0, 0.05) is 6.54 Å². The van der Waals surface area contributed by atoms with Crippen molar-refractivity contribution < 1.29 is 22.6 Å². The smallest absolute Gasteiger partial charge is 0.394 e. The van der Waals surface area contributed by atoms with Gasteiger partial charge in [-0.3, -0.25) is 9.11 Å². The minimum absolute atomic E-state index is 0.244. The van der Waals surface area contributed by atoms with Gasteiger partial charge in [-0.1, -0.05) is 6.92 Å². The van der Waals surface area contributed by atoms with Crippen molar-refractivity contribution >= 4 is 10.4 Å². The SMILES string of the molecule is CCNCCO.O=S(=O)(O)O. The van der Waals surface area contributed by atoms with Crippen molar-refractivity contribution in [3.63, 3.8) is 0 Å². The van der Waals surface area contributed by atoms with Gasteiger partial charge in [0.05, 0.1) is 6.61 Å². The molecule has 70 valence electrons. The quantitative estimate of drug-likeness (QED) is 0.331. The first-order valence-corrected chi connectivity index (χ1v) is 4.33. The maximum atomic E-state index is 8.74. The summed E-state index contributed by atoms with van der Waals surface area (Å²) in [6.07, 6.45) is 0. The van der Waals surface area contributed by atoms with Crippen molar-refractivity contribution in [3.05, 3.63) is 0 Å². The highest BCUT2D eigenvalue weighted by molar-refractivity contribution is 7.79. The van der Waals surface area contributed by atoms with E-state index in [1.54, 1.807) is 0 Å². The van der Waals surface area contributed by atoms with Crippen molar-refractivity contribution in [2.75, 3.05) is 19.7 Å². The third-order valence-corrected chi connectivity index (χ3v) is 0.539. The largest absolute Gasteiger partial charge is 0.395 e. The van der Waals surface area contributed by atoms with Crippen LogP contribution >= 0.6 is 0 Å². The molecule has 0 aliphatic carbocycles. The molecular formula is C4H13NO5S. The Labute approximate surface area is 65.8 Å². The highest BCUT2D eigenvalue weighted by Crippen LogP contribution is 1.59. The Bertz CT molecular complexity index is 142. The second-order valence-corrected chi connectivity index (χ2v) is 2.42. The van der Waals surface area contributed by atoms with E-state index in [1.165, 1.54) is 0 Å². The van der Waals surface area contributed by atoms with E-state index in [1.807, 2.05) is 6.92 Å². The molecule has 6 nitrogen and oxygen atoms in total. The van der Waals surface area contributed by atoms with Gasteiger partial charge in [-0.15, -0.1) is 0 Å². The number of aliphatic hydroxyl groups excluding tert-OH is 1. The summed E-state index contributed by atoms with van der Waals surface area (Å²) in [5, 5.41) is 11.1. The molecular weight excluding hydrogens is 174 g/mol. The van der Waals surface area contributed by atoms with E-state index in [4.69, 9.17) is 22.6 Å². The lowest BCUT2D eigenvalue weighted by atomic mass is 10.6. The summed E-state index contributed by atoms with van der Waals surface area (Å²) in [7, 11) is -4.67. The first kappa shape index (κ1) is 13.4. The number of hydrogen-bond acceptors (Lipinski definition) is 4. The van der Waals surface area contributed by atoms with E-state index in [2.05, 4.69) is 5.32 Å². The molecule has 0 unspecified atom stereocenters. The zero-order valence-corrected chi connectivity index (χ0v) is 7.00. The predicted molar refractivity (Wildman–Crippen MR) is 39.8 cm³/mol. The van der Waals surface area contributed by atoms with Crippen LogP contribution in [-0.4, -0.2) is 42.3 Å². The molecule has 0 aromatic carbocycles. The Morgan fingerprint density at radius 3 is 1.82 bits per heavy atom. The molecule has 0 aliphatic heterocycles. The van der Waals surface area contributed by atoms with E-state index in [9.17, 15) is 0 Å². The average molecular weight is 187 g/mol. The number of likely N-dealkylation sites (N-methyl/N-ethyl adjacent to an activating group) is 1. The Morgan fingerprint density at radius 1 is 1.36 bits per heavy atom. The van der Waals surface area contributed by atoms with Crippen LogP contribution in [0.4, 0.5) is 0 Å². The van der Waals surface area contributed by atoms with Gasteiger partial charge < -0.3 is 10.4 Å². The first-order valence-electron chi connectivity index (χ1n) is 2.93. The lowest BCUT2D eigenvalue weighted by Crippen LogP contribution is -2.16. The first-order chi connectivity index (χ1) is 4.91. The van der Waals surface area contributed by atoms with Gasteiger partial charge in [0.2, 0.25) is 0 Å². The topological polar surface area (TPSA) is 107 Å². The summed E-state index contributed by atoms with van der Waals surface area (Å²) in [6.45, 7) is 3.92. The lowest BCUT2D eigenvalue weighted by Gasteiger charge is -1.91. The molecule has 0 rings (SSSR count). The second kappa shape index (κ2) is 7.89. The van der Waals surface area contributed by atoms with E-state index < -0.39 is 10.4 Å². The molecule has 0 aliphatic rings. The fraction of sp³-hybridized carbons (Fsp3) is 1.00. The Kier molecular flexibility index (Phi) is 9.60. The average Bonchev–Trinajstić information content (AvgIpc) is 1.79. The molecule has 0 spiro atoms. The van der Waals surface area contributed by atoms with E-state index in [-0.39, 0.29) is 6.61 Å². The third kappa shape index (κ3) is 76.3. The van der Waals surface area contributed by atoms with Crippen molar-refractivity contribution in [3.8, 4) is 0 Å². The molecule has 0 saturated carbocycles. The van der Waals surface area contributed by atoms with Crippen LogP contribution in [-0.2, 0) is 10.4 Å². The van der Waals surface area contributed by atoms with E-state index in [0.717, 1.165) is 13.1 Å². The third-order valence-electron chi connectivity index (χ3n) is 0.539. The minimum atomic E-state index is -4.67. The van der Waals surface area contributed by atoms with Crippen molar-refractivity contribution in [1.82, 2.24) is 5.32 Å². The van der Waals surface area contributed by atoms with Crippen LogP contribution in [0.1, 0.15) is 6.92 Å². The standard InChI is InChI=1S/C4H11NO.H2O4S/c1-2-5-3-4-6;1-5(2,3)4/h5-6H,2-4H2,1H3;(H2,1,2,3,4). The Balaban J connectivity index is 0. The van der Waals surface area contributed by atoms with Gasteiger partial charge in [0.1, 0.15) is 0 Å². The fourth-order valence-corrected chi connectivity index (χ4v) is 0.256. The number of rotatable bonds is 3. The molecule has 0 bridgehead atoms. The molecule has 7 heteroatoms. The molecule has 0 saturated heterocycles. The minimum Gasteiger partial charge on any atom is -0.395 e. The molecule has 0 radical (unpaired) electrons. The molecule has 0 fully saturated rings. The van der Waals surface area contributed by atoms with Crippen LogP contribution in [0.25, 0.3) is 0 Å². The summed E-state index contributed by atoms with van der Waals surface area (Å²) >= 11 is 0. The van der Waals surface area contributed by atoms with E-state index in [0.29, 0.717) is 0 Å². The fourth-order valence-electron chi connectivity index (χ4n) is 0.256. The second-order valence-electron chi connectivity index (χ2n) is 1.52. The highest BCUT2D eigenvalue weighted by atomic mass is 32.3. The van der Waals surface area contributed by atoms with Gasteiger partial charge in [-0.25, -0.2) is 0 Å². The van der Waals surface area contributed by atoms with Crippen LogP contribution < -0.4 is 5.32 Å². The highest BCUT2D eigenvalue weighted by Gasteiger charge is 1.84. The predicted octanol–water partition coefficient (Wildman–Crippen LogP) is -1.06. The monoisotopic (exact) mass is 187 g/mol. The molecule has 0 heterocycles. The maximum absolute atomic E-state index is 8.74. The summed E-state index contributed by atoms with van der Waals surface area (Å²) in [5.74, 6) is 0. The molecule has 0 amide bonds. The van der Waals surface area contributed by atoms with Crippen LogP contribution in [0.5, 0.6) is 0 Å². The summed E-state index contributed by atoms with van der Waals surface area (Å²) in [5.41, 5.74) is 0. The van der Waals surface area contributed by atoms with Crippen LogP contribution in [0.15, 0.2) is 0 Å². The van der Waals surface area contributed by atoms with Crippen LogP contribution in [0.2, 0.25) is 0 Å².